The number of carbonyl (C=O) groups excluding carboxylic acids is 4. The number of Topliss-reactive ketones (excluding diaryl/α,β-unsaturated/α-hetero) is 1. The van der Waals surface area contributed by atoms with Gasteiger partial charge in [-0.2, -0.15) is 0 Å². The molecule has 0 unspecified atom stereocenters. The molecule has 8 nitrogen and oxygen atoms in total. The summed E-state index contributed by atoms with van der Waals surface area (Å²) in [7, 11) is 0. The highest BCUT2D eigenvalue weighted by atomic mass is 16.7. The van der Waals surface area contributed by atoms with Gasteiger partial charge in [0.2, 0.25) is 18.0 Å². The Kier molecular flexibility index (Phi) is 6.62. The highest BCUT2D eigenvalue weighted by Crippen LogP contribution is 2.22. The quantitative estimate of drug-likeness (QED) is 0.768. The number of hydrogen-bond donors (Lipinski definition) is 1. The first-order chi connectivity index (χ1) is 12.3. The molecule has 0 saturated heterocycles. The van der Waals surface area contributed by atoms with E-state index < -0.39 is 30.1 Å². The molecule has 1 aliphatic rings. The van der Waals surface area contributed by atoms with E-state index in [4.69, 9.17) is 14.2 Å². The standard InChI is InChI=1S/C18H19NO7/c1-11(20)24-15-10-17(25-12(2)21)26-14(18(15)23)8-9-16(22)19-13-6-4-3-5-7-13/h3-7,10,14,17H,8-9H2,1-2H3,(H,19,22)/t14-,17+/m1/s1. The maximum atomic E-state index is 12.3. The Morgan fingerprint density at radius 1 is 1.12 bits per heavy atom. The minimum Gasteiger partial charge on any atom is -0.432 e. The number of ether oxygens (including phenoxy) is 3. The minimum absolute atomic E-state index is 0.00849. The van der Waals surface area contributed by atoms with E-state index in [0.29, 0.717) is 5.69 Å². The molecular formula is C18H19NO7. The van der Waals surface area contributed by atoms with Crippen molar-refractivity contribution in [1.29, 1.82) is 0 Å². The van der Waals surface area contributed by atoms with Crippen molar-refractivity contribution < 1.29 is 33.4 Å². The van der Waals surface area contributed by atoms with Gasteiger partial charge in [0, 0.05) is 32.0 Å². The number of nitrogens with one attached hydrogen (secondary N) is 1. The maximum absolute atomic E-state index is 12.3. The summed E-state index contributed by atoms with van der Waals surface area (Å²) >= 11 is 0. The molecule has 0 bridgehead atoms. The number of carbonyl (C=O) groups is 4. The molecule has 1 aromatic carbocycles. The number of para-hydroxylation sites is 1. The molecule has 2 atom stereocenters. The Balaban J connectivity index is 1.99. The van der Waals surface area contributed by atoms with Gasteiger partial charge in [0.25, 0.3) is 0 Å². The smallest absolute Gasteiger partial charge is 0.308 e. The van der Waals surface area contributed by atoms with Crippen LogP contribution in [0.1, 0.15) is 26.7 Å². The summed E-state index contributed by atoms with van der Waals surface area (Å²) in [5.74, 6) is -2.46. The highest BCUT2D eigenvalue weighted by molar-refractivity contribution is 6.00. The van der Waals surface area contributed by atoms with Crippen LogP contribution >= 0.6 is 0 Å². The molecular weight excluding hydrogens is 342 g/mol. The third-order valence-electron chi connectivity index (χ3n) is 3.35. The number of anilines is 1. The monoisotopic (exact) mass is 361 g/mol. The van der Waals surface area contributed by atoms with Gasteiger partial charge in [0.1, 0.15) is 6.10 Å². The van der Waals surface area contributed by atoms with Crippen molar-refractivity contribution in [2.75, 3.05) is 5.32 Å². The van der Waals surface area contributed by atoms with Crippen molar-refractivity contribution in [3.05, 3.63) is 42.2 Å². The Bertz CT molecular complexity index is 726. The van der Waals surface area contributed by atoms with E-state index in [1.165, 1.54) is 6.92 Å². The Hall–Kier alpha value is -3.00. The van der Waals surface area contributed by atoms with Gasteiger partial charge in [-0.05, 0) is 18.6 Å². The average molecular weight is 361 g/mol. The normalized spacial score (nSPS) is 19.3. The molecule has 0 fully saturated rings. The summed E-state index contributed by atoms with van der Waals surface area (Å²) < 4.78 is 15.1. The van der Waals surface area contributed by atoms with E-state index in [0.717, 1.165) is 13.0 Å². The van der Waals surface area contributed by atoms with E-state index >= 15 is 0 Å². The number of benzene rings is 1. The number of hydrogen-bond acceptors (Lipinski definition) is 7. The molecule has 2 rings (SSSR count). The SMILES string of the molecule is CC(=O)OC1=C[C@@H](OC(C)=O)O[C@H](CCC(=O)Nc2ccccc2)C1=O. The number of esters is 2. The lowest BCUT2D eigenvalue weighted by Gasteiger charge is -2.26. The predicted octanol–water partition coefficient (Wildman–Crippen LogP) is 1.71. The third kappa shape index (κ3) is 5.82. The first-order valence-electron chi connectivity index (χ1n) is 7.97. The van der Waals surface area contributed by atoms with Crippen LogP contribution in [0.3, 0.4) is 0 Å². The van der Waals surface area contributed by atoms with Crippen LogP contribution in [0.25, 0.3) is 0 Å². The van der Waals surface area contributed by atoms with E-state index in [1.54, 1.807) is 24.3 Å². The zero-order valence-electron chi connectivity index (χ0n) is 14.4. The van der Waals surface area contributed by atoms with Crippen LogP contribution in [0.5, 0.6) is 0 Å². The molecule has 0 aromatic heterocycles. The summed E-state index contributed by atoms with van der Waals surface area (Å²) in [5.41, 5.74) is 0.631. The first kappa shape index (κ1) is 19.3. The van der Waals surface area contributed by atoms with Crippen LogP contribution in [0.2, 0.25) is 0 Å². The van der Waals surface area contributed by atoms with E-state index in [1.807, 2.05) is 6.07 Å². The fraction of sp³-hybridized carbons (Fsp3) is 0.333. The summed E-state index contributed by atoms with van der Waals surface area (Å²) in [6.45, 7) is 2.33. The van der Waals surface area contributed by atoms with Gasteiger partial charge in [-0.3, -0.25) is 19.2 Å². The lowest BCUT2D eigenvalue weighted by molar-refractivity contribution is -0.184. The average Bonchev–Trinajstić information content (AvgIpc) is 2.56. The second kappa shape index (κ2) is 8.91. The van der Waals surface area contributed by atoms with Crippen LogP contribution in [0.4, 0.5) is 5.69 Å². The van der Waals surface area contributed by atoms with Crippen molar-refractivity contribution in [3.63, 3.8) is 0 Å². The zero-order chi connectivity index (χ0) is 19.1. The van der Waals surface area contributed by atoms with Crippen LogP contribution in [0, 0.1) is 0 Å². The highest BCUT2D eigenvalue weighted by Gasteiger charge is 2.34. The van der Waals surface area contributed by atoms with Gasteiger partial charge in [0.15, 0.2) is 5.76 Å². The Morgan fingerprint density at radius 2 is 1.81 bits per heavy atom. The summed E-state index contributed by atoms with van der Waals surface area (Å²) in [6.07, 6.45) is -1.09. The molecule has 8 heteroatoms. The molecule has 1 aromatic rings. The summed E-state index contributed by atoms with van der Waals surface area (Å²) in [4.78, 5) is 46.6. The second-order valence-corrected chi connectivity index (χ2v) is 5.54. The van der Waals surface area contributed by atoms with Gasteiger partial charge in [-0.15, -0.1) is 0 Å². The van der Waals surface area contributed by atoms with Gasteiger partial charge in [0.05, 0.1) is 0 Å². The molecule has 1 N–H and O–H groups in total. The van der Waals surface area contributed by atoms with E-state index in [2.05, 4.69) is 5.32 Å². The largest absolute Gasteiger partial charge is 0.432 e. The molecule has 1 aliphatic heterocycles. The third-order valence-corrected chi connectivity index (χ3v) is 3.35. The van der Waals surface area contributed by atoms with Gasteiger partial charge in [-0.1, -0.05) is 18.2 Å². The zero-order valence-corrected chi connectivity index (χ0v) is 14.4. The number of amides is 1. The van der Waals surface area contributed by atoms with Crippen LogP contribution < -0.4 is 5.32 Å². The van der Waals surface area contributed by atoms with Crippen molar-refractivity contribution >= 4 is 29.3 Å². The number of rotatable bonds is 6. The summed E-state index contributed by atoms with van der Waals surface area (Å²) in [5, 5.41) is 2.69. The predicted molar refractivity (Wildman–Crippen MR) is 89.6 cm³/mol. The maximum Gasteiger partial charge on any atom is 0.308 e. The second-order valence-electron chi connectivity index (χ2n) is 5.54. The van der Waals surface area contributed by atoms with Crippen LogP contribution in [-0.4, -0.2) is 36.0 Å². The van der Waals surface area contributed by atoms with Gasteiger partial charge < -0.3 is 19.5 Å². The van der Waals surface area contributed by atoms with Crippen molar-refractivity contribution in [3.8, 4) is 0 Å². The first-order valence-corrected chi connectivity index (χ1v) is 7.97. The van der Waals surface area contributed by atoms with Crippen LogP contribution in [-0.2, 0) is 33.4 Å². The molecule has 138 valence electrons. The van der Waals surface area contributed by atoms with Crippen LogP contribution in [0.15, 0.2) is 42.2 Å². The fourth-order valence-electron chi connectivity index (χ4n) is 2.30. The topological polar surface area (TPSA) is 108 Å². The van der Waals surface area contributed by atoms with Crippen molar-refractivity contribution in [2.45, 2.75) is 39.1 Å². The molecule has 26 heavy (non-hydrogen) atoms. The lowest BCUT2D eigenvalue weighted by Crippen LogP contribution is -2.38. The lowest BCUT2D eigenvalue weighted by atomic mass is 10.1. The molecule has 0 saturated carbocycles. The molecule has 1 heterocycles. The van der Waals surface area contributed by atoms with E-state index in [9.17, 15) is 19.2 Å². The molecule has 1 amide bonds. The number of ketones is 1. The summed E-state index contributed by atoms with van der Waals surface area (Å²) in [6, 6.07) is 8.85. The Morgan fingerprint density at radius 3 is 2.42 bits per heavy atom. The van der Waals surface area contributed by atoms with E-state index in [-0.39, 0.29) is 24.5 Å². The molecule has 0 aliphatic carbocycles. The van der Waals surface area contributed by atoms with Crippen molar-refractivity contribution in [2.24, 2.45) is 0 Å². The van der Waals surface area contributed by atoms with Gasteiger partial charge in [-0.25, -0.2) is 0 Å². The van der Waals surface area contributed by atoms with Gasteiger partial charge >= 0.3 is 11.9 Å². The van der Waals surface area contributed by atoms with Crippen molar-refractivity contribution in [1.82, 2.24) is 0 Å². The fourth-order valence-corrected chi connectivity index (χ4v) is 2.30. The molecule has 0 spiro atoms. The minimum atomic E-state index is -1.17. The Labute approximate surface area is 150 Å². The molecule has 0 radical (unpaired) electrons.